The number of esters is 1. The highest BCUT2D eigenvalue weighted by atomic mass is 19.1. The fourth-order valence-electron chi connectivity index (χ4n) is 4.14. The predicted octanol–water partition coefficient (Wildman–Crippen LogP) is 5.00. The topological polar surface area (TPSA) is 59.4 Å². The average molecular weight is 403 g/mol. The van der Waals surface area contributed by atoms with Crippen LogP contribution >= 0.6 is 0 Å². The molecule has 2 aromatic carbocycles. The summed E-state index contributed by atoms with van der Waals surface area (Å²) in [5.41, 5.74) is 4.82. The summed E-state index contributed by atoms with van der Waals surface area (Å²) >= 11 is 0. The van der Waals surface area contributed by atoms with Crippen molar-refractivity contribution in [2.45, 2.75) is 43.8 Å². The van der Waals surface area contributed by atoms with Crippen molar-refractivity contribution in [3.05, 3.63) is 71.7 Å². The summed E-state index contributed by atoms with van der Waals surface area (Å²) in [5.74, 6) is -0.270. The van der Waals surface area contributed by atoms with Gasteiger partial charge in [-0.25, -0.2) is 4.39 Å². The van der Waals surface area contributed by atoms with E-state index >= 15 is 0 Å². The van der Waals surface area contributed by atoms with Gasteiger partial charge in [-0.3, -0.25) is 9.78 Å². The van der Waals surface area contributed by atoms with E-state index in [0.717, 1.165) is 46.1 Å². The minimum Gasteiger partial charge on any atom is -0.458 e. The van der Waals surface area contributed by atoms with Crippen molar-refractivity contribution in [3.63, 3.8) is 0 Å². The molecule has 3 aromatic rings. The molecule has 2 aliphatic rings. The molecule has 2 heterocycles. The Morgan fingerprint density at radius 2 is 1.87 bits per heavy atom. The van der Waals surface area contributed by atoms with Crippen molar-refractivity contribution < 1.29 is 19.0 Å². The number of carbonyl (C=O) groups is 1. The Bertz CT molecular complexity index is 1140. The Morgan fingerprint density at radius 3 is 2.60 bits per heavy atom. The fraction of sp³-hybridized carbons (Fsp3) is 0.280. The van der Waals surface area contributed by atoms with Gasteiger partial charge in [0.2, 0.25) is 0 Å². The highest BCUT2D eigenvalue weighted by Gasteiger charge is 2.30. The molecule has 1 N–H and O–H groups in total. The van der Waals surface area contributed by atoms with Crippen LogP contribution in [0.5, 0.6) is 0 Å². The number of hydrogen-bond donors (Lipinski definition) is 1. The van der Waals surface area contributed by atoms with Gasteiger partial charge in [0.1, 0.15) is 11.9 Å². The molecule has 1 saturated carbocycles. The minimum atomic E-state index is -0.685. The van der Waals surface area contributed by atoms with E-state index in [4.69, 9.17) is 9.72 Å². The van der Waals surface area contributed by atoms with Gasteiger partial charge in [-0.05, 0) is 42.7 Å². The quantitative estimate of drug-likeness (QED) is 0.623. The standard InChI is InChI=1S/C25H22FNO3/c26-17-9-7-15(8-10-17)24-20-3-1-2-4-22(20)27-25(16-5-6-16)21(24)12-11-19-13-18(28)14-23(29)30-19/h1-4,7-12,16,18-19,28H,5-6,13-14H2/b12-11+/t18?,19-/m1/s1. The second-order valence-corrected chi connectivity index (χ2v) is 8.07. The van der Waals surface area contributed by atoms with Crippen molar-refractivity contribution in [1.29, 1.82) is 0 Å². The first-order chi connectivity index (χ1) is 14.6. The number of fused-ring (bicyclic) bond motifs is 1. The van der Waals surface area contributed by atoms with Gasteiger partial charge in [0.05, 0.1) is 23.7 Å². The number of rotatable bonds is 4. The van der Waals surface area contributed by atoms with Gasteiger partial charge in [-0.15, -0.1) is 0 Å². The lowest BCUT2D eigenvalue weighted by Gasteiger charge is -2.23. The predicted molar refractivity (Wildman–Crippen MR) is 113 cm³/mol. The SMILES string of the molecule is O=C1CC(O)C[C@@H](/C=C/c2c(C3CC3)nc3ccccc3c2-c2ccc(F)cc2)O1. The minimum absolute atomic E-state index is 0.0377. The largest absolute Gasteiger partial charge is 0.458 e. The average Bonchev–Trinajstić information content (AvgIpc) is 3.57. The molecule has 5 heteroatoms. The molecule has 1 aliphatic heterocycles. The van der Waals surface area contributed by atoms with E-state index in [-0.39, 0.29) is 18.2 Å². The lowest BCUT2D eigenvalue weighted by Crippen LogP contribution is -2.31. The number of ether oxygens (including phenoxy) is 1. The van der Waals surface area contributed by atoms with Gasteiger partial charge in [0.15, 0.2) is 0 Å². The summed E-state index contributed by atoms with van der Waals surface area (Å²) in [6.45, 7) is 0. The van der Waals surface area contributed by atoms with Crippen LogP contribution in [0, 0.1) is 5.82 Å². The van der Waals surface area contributed by atoms with Crippen molar-refractivity contribution in [2.24, 2.45) is 0 Å². The van der Waals surface area contributed by atoms with Crippen LogP contribution in [0.3, 0.4) is 0 Å². The Balaban J connectivity index is 1.68. The zero-order valence-electron chi connectivity index (χ0n) is 16.4. The van der Waals surface area contributed by atoms with Gasteiger partial charge in [-0.1, -0.05) is 36.4 Å². The normalized spacial score (nSPS) is 21.9. The summed E-state index contributed by atoms with van der Waals surface area (Å²) in [7, 11) is 0. The van der Waals surface area contributed by atoms with Crippen LogP contribution in [0.1, 0.15) is 42.9 Å². The number of halogens is 1. The summed E-state index contributed by atoms with van der Waals surface area (Å²) in [6.07, 6.45) is 5.24. The number of cyclic esters (lactones) is 1. The van der Waals surface area contributed by atoms with Gasteiger partial charge in [0, 0.05) is 28.9 Å². The van der Waals surface area contributed by atoms with Crippen LogP contribution in [0.4, 0.5) is 4.39 Å². The smallest absolute Gasteiger partial charge is 0.309 e. The highest BCUT2D eigenvalue weighted by Crippen LogP contribution is 2.45. The number of aliphatic hydroxyl groups is 1. The molecule has 5 rings (SSSR count). The van der Waals surface area contributed by atoms with Crippen LogP contribution in [-0.2, 0) is 9.53 Å². The molecule has 1 aromatic heterocycles. The lowest BCUT2D eigenvalue weighted by molar-refractivity contribution is -0.156. The van der Waals surface area contributed by atoms with Crippen molar-refractivity contribution >= 4 is 22.9 Å². The van der Waals surface area contributed by atoms with E-state index < -0.39 is 12.2 Å². The van der Waals surface area contributed by atoms with Crippen LogP contribution in [0.15, 0.2) is 54.6 Å². The number of pyridine rings is 1. The maximum absolute atomic E-state index is 13.6. The monoisotopic (exact) mass is 403 g/mol. The zero-order chi connectivity index (χ0) is 20.7. The van der Waals surface area contributed by atoms with Gasteiger partial charge < -0.3 is 9.84 Å². The molecule has 0 spiro atoms. The number of para-hydroxylation sites is 1. The van der Waals surface area contributed by atoms with E-state index in [2.05, 4.69) is 0 Å². The molecule has 2 atom stereocenters. The molecule has 0 radical (unpaired) electrons. The first-order valence-corrected chi connectivity index (χ1v) is 10.3. The summed E-state index contributed by atoms with van der Waals surface area (Å²) in [5, 5.41) is 10.9. The van der Waals surface area contributed by atoms with E-state index in [0.29, 0.717) is 12.3 Å². The number of aliphatic hydroxyl groups excluding tert-OH is 1. The number of nitrogens with zero attached hydrogens (tertiary/aromatic N) is 1. The maximum Gasteiger partial charge on any atom is 0.309 e. The molecule has 1 saturated heterocycles. The number of aromatic nitrogens is 1. The Labute approximate surface area is 174 Å². The van der Waals surface area contributed by atoms with E-state index in [1.54, 1.807) is 12.1 Å². The third kappa shape index (κ3) is 3.73. The van der Waals surface area contributed by atoms with Gasteiger partial charge in [-0.2, -0.15) is 0 Å². The molecular weight excluding hydrogens is 381 g/mol. The molecule has 2 fully saturated rings. The van der Waals surface area contributed by atoms with E-state index in [1.807, 2.05) is 36.4 Å². The van der Waals surface area contributed by atoms with Crippen LogP contribution in [0.25, 0.3) is 28.1 Å². The number of hydrogen-bond acceptors (Lipinski definition) is 4. The summed E-state index contributed by atoms with van der Waals surface area (Å²) < 4.78 is 19.0. The maximum atomic E-state index is 13.6. The molecule has 4 nitrogen and oxygen atoms in total. The molecular formula is C25H22FNO3. The van der Waals surface area contributed by atoms with E-state index in [9.17, 15) is 14.3 Å². The van der Waals surface area contributed by atoms with Gasteiger partial charge >= 0.3 is 5.97 Å². The zero-order valence-corrected chi connectivity index (χ0v) is 16.4. The molecule has 152 valence electrons. The van der Waals surface area contributed by atoms with Crippen LogP contribution < -0.4 is 0 Å². The molecule has 0 amide bonds. The molecule has 0 bridgehead atoms. The first-order valence-electron chi connectivity index (χ1n) is 10.3. The van der Waals surface area contributed by atoms with E-state index in [1.165, 1.54) is 12.1 Å². The Hall–Kier alpha value is -3.05. The van der Waals surface area contributed by atoms with Gasteiger partial charge in [0.25, 0.3) is 0 Å². The second-order valence-electron chi connectivity index (χ2n) is 8.07. The lowest BCUT2D eigenvalue weighted by atomic mass is 9.92. The first kappa shape index (κ1) is 18.9. The molecule has 30 heavy (non-hydrogen) atoms. The van der Waals surface area contributed by atoms with Crippen molar-refractivity contribution in [1.82, 2.24) is 4.98 Å². The third-order valence-corrected chi connectivity index (χ3v) is 5.72. The van der Waals surface area contributed by atoms with Crippen LogP contribution in [-0.4, -0.2) is 28.3 Å². The number of benzene rings is 2. The summed E-state index contributed by atoms with van der Waals surface area (Å²) in [4.78, 5) is 16.7. The molecule has 1 unspecified atom stereocenters. The van der Waals surface area contributed by atoms with Crippen LogP contribution in [0.2, 0.25) is 0 Å². The highest BCUT2D eigenvalue weighted by molar-refractivity contribution is 5.99. The second kappa shape index (κ2) is 7.65. The summed E-state index contributed by atoms with van der Waals surface area (Å²) in [6, 6.07) is 14.5. The Morgan fingerprint density at radius 1 is 1.10 bits per heavy atom. The Kier molecular flexibility index (Phi) is 4.83. The van der Waals surface area contributed by atoms with Crippen molar-refractivity contribution in [2.75, 3.05) is 0 Å². The number of carbonyl (C=O) groups excluding carboxylic acids is 1. The third-order valence-electron chi connectivity index (χ3n) is 5.72. The van der Waals surface area contributed by atoms with Crippen molar-refractivity contribution in [3.8, 4) is 11.1 Å². The molecule has 1 aliphatic carbocycles. The fourth-order valence-corrected chi connectivity index (χ4v) is 4.14.